The van der Waals surface area contributed by atoms with Crippen molar-refractivity contribution >= 4 is 5.57 Å². The van der Waals surface area contributed by atoms with E-state index in [1.807, 2.05) is 12.2 Å². The summed E-state index contributed by atoms with van der Waals surface area (Å²) >= 11 is 0. The summed E-state index contributed by atoms with van der Waals surface area (Å²) < 4.78 is 2.13. The first-order valence-corrected chi connectivity index (χ1v) is 8.30. The molecule has 0 amide bonds. The Bertz CT molecular complexity index is 821. The largest absolute Gasteiger partial charge is 0.494 e. The lowest BCUT2D eigenvalue weighted by atomic mass is 9.80. The lowest BCUT2D eigenvalue weighted by molar-refractivity contribution is 0.325. The van der Waals surface area contributed by atoms with Crippen molar-refractivity contribution in [3.63, 3.8) is 0 Å². The van der Waals surface area contributed by atoms with Gasteiger partial charge in [0.1, 0.15) is 5.56 Å². The van der Waals surface area contributed by atoms with E-state index < -0.39 is 11.2 Å². The molecular weight excluding hydrogens is 306 g/mol. The van der Waals surface area contributed by atoms with Crippen LogP contribution in [0.25, 0.3) is 5.57 Å². The van der Waals surface area contributed by atoms with Crippen molar-refractivity contribution in [3.05, 3.63) is 44.3 Å². The van der Waals surface area contributed by atoms with Gasteiger partial charge in [-0.3, -0.25) is 13.9 Å². The first-order chi connectivity index (χ1) is 11.1. The van der Waals surface area contributed by atoms with Gasteiger partial charge in [-0.25, -0.2) is 4.79 Å². The first-order valence-electron chi connectivity index (χ1n) is 8.30. The fraction of sp³-hybridized carbons (Fsp3) is 0.556. The van der Waals surface area contributed by atoms with E-state index in [1.165, 1.54) is 14.1 Å². The van der Waals surface area contributed by atoms with Gasteiger partial charge in [0.15, 0.2) is 0 Å². The maximum absolute atomic E-state index is 12.6. The molecule has 1 aliphatic carbocycles. The van der Waals surface area contributed by atoms with Crippen LogP contribution in [0.4, 0.5) is 0 Å². The second-order valence-electron chi connectivity index (χ2n) is 6.98. The molecule has 0 aliphatic heterocycles. The molecule has 1 N–H and O–H groups in total. The molecule has 0 saturated heterocycles. The molecule has 0 saturated carbocycles. The maximum Gasteiger partial charge on any atom is 0.333 e. The van der Waals surface area contributed by atoms with Crippen LogP contribution in [0.15, 0.2) is 27.4 Å². The highest BCUT2D eigenvalue weighted by atomic mass is 16.3. The molecule has 1 heterocycles. The molecule has 1 aromatic heterocycles. The summed E-state index contributed by atoms with van der Waals surface area (Å²) in [6.07, 6.45) is 4.82. The van der Waals surface area contributed by atoms with Gasteiger partial charge in [-0.1, -0.05) is 19.9 Å². The SMILES string of the molecule is CCN(CC)C1=CC(c2c(O)n(C)c(=O)n(C)c2=O)=CC(C)(C)C1. The molecule has 0 bridgehead atoms. The molecule has 0 fully saturated rings. The van der Waals surface area contributed by atoms with E-state index in [0.717, 1.165) is 34.3 Å². The molecule has 0 unspecified atom stereocenters. The summed E-state index contributed by atoms with van der Waals surface area (Å²) in [7, 11) is 2.89. The lowest BCUT2D eigenvalue weighted by Gasteiger charge is -2.34. The molecule has 6 nitrogen and oxygen atoms in total. The maximum atomic E-state index is 12.6. The fourth-order valence-electron chi connectivity index (χ4n) is 3.27. The van der Waals surface area contributed by atoms with Crippen molar-refractivity contribution < 1.29 is 5.11 Å². The second kappa shape index (κ2) is 6.34. The summed E-state index contributed by atoms with van der Waals surface area (Å²) in [5, 5.41) is 10.4. The minimum absolute atomic E-state index is 0.145. The summed E-state index contributed by atoms with van der Waals surface area (Å²) in [6, 6.07) is 0. The van der Waals surface area contributed by atoms with Crippen LogP contribution in [0.2, 0.25) is 0 Å². The van der Waals surface area contributed by atoms with Crippen molar-refractivity contribution in [3.8, 4) is 5.88 Å². The van der Waals surface area contributed by atoms with Crippen LogP contribution < -0.4 is 11.2 Å². The molecule has 0 atom stereocenters. The van der Waals surface area contributed by atoms with Gasteiger partial charge in [0.05, 0.1) is 0 Å². The number of nitrogens with zero attached hydrogens (tertiary/aromatic N) is 3. The Morgan fingerprint density at radius 2 is 1.75 bits per heavy atom. The number of rotatable bonds is 4. The van der Waals surface area contributed by atoms with E-state index in [9.17, 15) is 14.7 Å². The zero-order chi connectivity index (χ0) is 18.2. The third-order valence-corrected chi connectivity index (χ3v) is 4.60. The van der Waals surface area contributed by atoms with E-state index in [-0.39, 0.29) is 16.9 Å². The average Bonchev–Trinajstić information content (AvgIpc) is 2.51. The standard InChI is InChI=1S/C18H27N3O3/c1-7-21(8-2)13-9-12(10-18(3,4)11-13)14-15(22)19(5)17(24)20(6)16(14)23/h9-10,22H,7-8,11H2,1-6H3. The lowest BCUT2D eigenvalue weighted by Crippen LogP contribution is -2.39. The van der Waals surface area contributed by atoms with Gasteiger partial charge < -0.3 is 10.0 Å². The van der Waals surface area contributed by atoms with Crippen LogP contribution in [0.3, 0.4) is 0 Å². The van der Waals surface area contributed by atoms with Crippen molar-refractivity contribution in [2.24, 2.45) is 19.5 Å². The van der Waals surface area contributed by atoms with E-state index in [0.29, 0.717) is 5.57 Å². The average molecular weight is 333 g/mol. The second-order valence-corrected chi connectivity index (χ2v) is 6.98. The van der Waals surface area contributed by atoms with Crippen LogP contribution in [-0.2, 0) is 14.1 Å². The monoisotopic (exact) mass is 333 g/mol. The highest BCUT2D eigenvalue weighted by Crippen LogP contribution is 2.38. The predicted molar refractivity (Wildman–Crippen MR) is 96.0 cm³/mol. The van der Waals surface area contributed by atoms with Gasteiger partial charge in [-0.15, -0.1) is 0 Å². The van der Waals surface area contributed by atoms with E-state index in [4.69, 9.17) is 0 Å². The zero-order valence-corrected chi connectivity index (χ0v) is 15.4. The zero-order valence-electron chi connectivity index (χ0n) is 15.4. The van der Waals surface area contributed by atoms with Crippen LogP contribution in [0.5, 0.6) is 5.88 Å². The van der Waals surface area contributed by atoms with Crippen LogP contribution >= 0.6 is 0 Å². The molecule has 0 aromatic carbocycles. The van der Waals surface area contributed by atoms with Crippen LogP contribution in [0.1, 0.15) is 39.7 Å². The fourth-order valence-corrected chi connectivity index (χ4v) is 3.27. The van der Waals surface area contributed by atoms with E-state index >= 15 is 0 Å². The molecule has 0 spiro atoms. The van der Waals surface area contributed by atoms with Gasteiger partial charge in [-0.05, 0) is 37.3 Å². The van der Waals surface area contributed by atoms with Crippen molar-refractivity contribution in [1.82, 2.24) is 14.0 Å². The van der Waals surface area contributed by atoms with Crippen molar-refractivity contribution in [2.45, 2.75) is 34.1 Å². The molecule has 2 rings (SSSR count). The van der Waals surface area contributed by atoms with Crippen LogP contribution in [0, 0.1) is 5.41 Å². The Kier molecular flexibility index (Phi) is 4.78. The predicted octanol–water partition coefficient (Wildman–Crippen LogP) is 1.83. The Hall–Kier alpha value is -2.24. The third-order valence-electron chi connectivity index (χ3n) is 4.60. The highest BCUT2D eigenvalue weighted by molar-refractivity contribution is 5.78. The van der Waals surface area contributed by atoms with E-state index in [1.54, 1.807) is 0 Å². The highest BCUT2D eigenvalue weighted by Gasteiger charge is 2.28. The molecular formula is C18H27N3O3. The molecule has 24 heavy (non-hydrogen) atoms. The quantitative estimate of drug-likeness (QED) is 0.913. The minimum Gasteiger partial charge on any atom is -0.494 e. The van der Waals surface area contributed by atoms with E-state index in [2.05, 4.69) is 32.6 Å². The van der Waals surface area contributed by atoms with Crippen LogP contribution in [-0.4, -0.2) is 32.2 Å². The minimum atomic E-state index is -0.537. The number of hydrogen-bond acceptors (Lipinski definition) is 4. The Morgan fingerprint density at radius 1 is 1.17 bits per heavy atom. The van der Waals surface area contributed by atoms with Gasteiger partial charge in [0, 0.05) is 32.9 Å². The molecule has 1 aliphatic rings. The Balaban J connectivity index is 2.74. The third kappa shape index (κ3) is 3.05. The first kappa shape index (κ1) is 18.1. The summed E-state index contributed by atoms with van der Waals surface area (Å²) in [6.45, 7) is 10.2. The Labute approximate surface area is 142 Å². The number of aromatic hydroxyl groups is 1. The number of hydrogen-bond donors (Lipinski definition) is 1. The topological polar surface area (TPSA) is 67.5 Å². The summed E-state index contributed by atoms with van der Waals surface area (Å²) in [5.41, 5.74) is 0.824. The van der Waals surface area contributed by atoms with Gasteiger partial charge >= 0.3 is 5.69 Å². The number of aromatic nitrogens is 2. The summed E-state index contributed by atoms with van der Waals surface area (Å²) in [5.74, 6) is -0.290. The molecule has 6 heteroatoms. The smallest absolute Gasteiger partial charge is 0.333 e. The van der Waals surface area contributed by atoms with Crippen molar-refractivity contribution in [1.29, 1.82) is 0 Å². The Morgan fingerprint density at radius 3 is 2.29 bits per heavy atom. The normalized spacial score (nSPS) is 16.6. The molecule has 1 aromatic rings. The van der Waals surface area contributed by atoms with Crippen molar-refractivity contribution in [2.75, 3.05) is 13.1 Å². The molecule has 132 valence electrons. The summed E-state index contributed by atoms with van der Waals surface area (Å²) in [4.78, 5) is 26.8. The molecule has 0 radical (unpaired) electrons. The number of allylic oxidation sites excluding steroid dienone is 4. The van der Waals surface area contributed by atoms with Gasteiger partial charge in [0.2, 0.25) is 5.88 Å². The van der Waals surface area contributed by atoms with Gasteiger partial charge in [-0.2, -0.15) is 0 Å². The van der Waals surface area contributed by atoms with Gasteiger partial charge in [0.25, 0.3) is 5.56 Å².